The van der Waals surface area contributed by atoms with Gasteiger partial charge in [-0.1, -0.05) is 103 Å². The highest BCUT2D eigenvalue weighted by atomic mass is 19.2. The molecule has 1 fully saturated rings. The van der Waals surface area contributed by atoms with Crippen LogP contribution in [0.2, 0.25) is 0 Å². The molecule has 1 saturated heterocycles. The largest absolute Gasteiger partial charge is 0.493 e. The smallest absolute Gasteiger partial charge is 0.321 e. The van der Waals surface area contributed by atoms with Gasteiger partial charge in [0.15, 0.2) is 0 Å². The third-order valence-electron chi connectivity index (χ3n) is 29.2. The highest BCUT2D eigenvalue weighted by molar-refractivity contribution is 5.89. The number of fused-ring (bicyclic) bond motifs is 10. The van der Waals surface area contributed by atoms with Crippen LogP contribution in [0.5, 0.6) is 17.2 Å². The predicted molar refractivity (Wildman–Crippen MR) is 519 cm³/mol. The van der Waals surface area contributed by atoms with Gasteiger partial charge in [-0.2, -0.15) is 0 Å². The second kappa shape index (κ2) is 41.2. The lowest BCUT2D eigenvalue weighted by molar-refractivity contribution is -0.136. The number of nitrogens with two attached hydrogens (primary N) is 1. The third kappa shape index (κ3) is 19.4. The lowest BCUT2D eigenvalue weighted by atomic mass is 9.76. The van der Waals surface area contributed by atoms with Gasteiger partial charge in [-0.3, -0.25) is 19.2 Å². The van der Waals surface area contributed by atoms with Crippen molar-refractivity contribution < 1.29 is 82.1 Å². The molecular formula is C113H113F10N9O8. The summed E-state index contributed by atoms with van der Waals surface area (Å²) in [4.78, 5) is 80.1. The fraction of sp³-hybridized carbons (Fsp3) is 0.336. The summed E-state index contributed by atoms with van der Waals surface area (Å²) in [6, 6.07) is 56.5. The number of halogens is 10. The van der Waals surface area contributed by atoms with E-state index < -0.39 is 85.9 Å². The van der Waals surface area contributed by atoms with Crippen LogP contribution in [0.15, 0.2) is 243 Å². The minimum Gasteiger partial charge on any atom is -0.493 e. The summed E-state index contributed by atoms with van der Waals surface area (Å²) in [5.41, 5.74) is 13.8. The number of para-hydroxylation sites is 3. The maximum absolute atomic E-state index is 14.7. The number of benzene rings is 10. The molecule has 2 N–H and O–H groups in total. The van der Waals surface area contributed by atoms with Crippen molar-refractivity contribution in [2.45, 2.75) is 137 Å². The normalized spacial score (nSPS) is 21.7. The topological polar surface area (TPSA) is 165 Å². The van der Waals surface area contributed by atoms with Crippen LogP contribution in [0.3, 0.4) is 0 Å². The highest BCUT2D eigenvalue weighted by Crippen LogP contribution is 2.55. The number of likely N-dealkylation sites (tertiary alicyclic amines) is 1. The molecule has 9 aliphatic heterocycles. The number of rotatable bonds is 13. The zero-order valence-electron chi connectivity index (χ0n) is 79.3. The van der Waals surface area contributed by atoms with Gasteiger partial charge in [-0.05, 0) is 295 Å². The average molecular weight is 1920 g/mol. The minimum absolute atomic E-state index is 0.0108. The molecule has 140 heavy (non-hydrogen) atoms. The fourth-order valence-corrected chi connectivity index (χ4v) is 22.4. The Balaban J connectivity index is 0.000000121. The molecule has 9 heterocycles. The van der Waals surface area contributed by atoms with Crippen molar-refractivity contribution in [1.29, 1.82) is 0 Å². The van der Waals surface area contributed by atoms with Crippen molar-refractivity contribution >= 4 is 57.5 Å². The van der Waals surface area contributed by atoms with Crippen LogP contribution < -0.4 is 19.9 Å². The summed E-state index contributed by atoms with van der Waals surface area (Å²) < 4.78 is 158. The van der Waals surface area contributed by atoms with E-state index in [0.717, 1.165) is 171 Å². The average Bonchev–Trinajstić information content (AvgIpc) is 1.55. The van der Waals surface area contributed by atoms with Crippen LogP contribution >= 0.6 is 0 Å². The van der Waals surface area contributed by atoms with Crippen molar-refractivity contribution in [3.05, 3.63) is 368 Å². The Morgan fingerprint density at radius 2 is 0.679 bits per heavy atom. The van der Waals surface area contributed by atoms with Crippen LogP contribution in [0, 0.1) is 58.2 Å². The molecule has 2 aliphatic carbocycles. The van der Waals surface area contributed by atoms with Crippen LogP contribution in [0.1, 0.15) is 158 Å². The van der Waals surface area contributed by atoms with Crippen molar-refractivity contribution in [3.8, 4) is 17.2 Å². The van der Waals surface area contributed by atoms with E-state index in [9.17, 15) is 67.9 Å². The summed E-state index contributed by atoms with van der Waals surface area (Å²) in [5, 5.41) is 0. The first kappa shape index (κ1) is 98.2. The van der Waals surface area contributed by atoms with Crippen molar-refractivity contribution in [1.82, 2.24) is 39.2 Å². The summed E-state index contributed by atoms with van der Waals surface area (Å²) in [5.74, 6) is -2.90. The summed E-state index contributed by atoms with van der Waals surface area (Å²) in [6.07, 6.45) is 19.7. The zero-order chi connectivity index (χ0) is 98.7. The predicted octanol–water partition coefficient (Wildman–Crippen LogP) is 20.8. The van der Waals surface area contributed by atoms with Crippen LogP contribution in [-0.4, -0.2) is 182 Å². The molecule has 17 nitrogen and oxygen atoms in total. The summed E-state index contributed by atoms with van der Waals surface area (Å²) in [6.45, 7) is 8.82. The Hall–Kier alpha value is -13.4. The number of piperidine rings is 1. The van der Waals surface area contributed by atoms with Gasteiger partial charge in [-0.15, -0.1) is 0 Å². The molecule has 10 aromatic carbocycles. The molecule has 27 heteroatoms. The molecule has 5 spiro atoms. The van der Waals surface area contributed by atoms with Crippen LogP contribution in [-0.2, 0) is 59.7 Å². The van der Waals surface area contributed by atoms with E-state index in [1.54, 1.807) is 14.7 Å². The molecule has 0 aromatic heterocycles. The molecule has 5 atom stereocenters. The Morgan fingerprint density at radius 3 is 1.04 bits per heavy atom. The molecule has 11 aliphatic rings. The van der Waals surface area contributed by atoms with Gasteiger partial charge in [0.2, 0.25) is 23.6 Å². The Bertz CT molecular complexity index is 6450. The number of hydrogen-bond donors (Lipinski definition) is 1. The number of amides is 6. The first-order valence-electron chi connectivity index (χ1n) is 47.8. The van der Waals surface area contributed by atoms with Gasteiger partial charge in [0.25, 0.3) is 0 Å². The molecule has 6 amide bonds. The minimum atomic E-state index is -0.728. The van der Waals surface area contributed by atoms with E-state index in [1.807, 2.05) is 174 Å². The Labute approximate surface area is 809 Å². The first-order chi connectivity index (χ1) is 67.4. The molecule has 5 unspecified atom stereocenters. The monoisotopic (exact) mass is 1910 g/mol. The van der Waals surface area contributed by atoms with Crippen molar-refractivity contribution in [2.24, 2.45) is 5.73 Å². The lowest BCUT2D eigenvalue weighted by Crippen LogP contribution is -2.53. The maximum Gasteiger partial charge on any atom is 0.321 e. The molecule has 21 rings (SSSR count). The van der Waals surface area contributed by atoms with E-state index in [4.69, 9.17) is 19.9 Å². The van der Waals surface area contributed by atoms with Crippen molar-refractivity contribution in [2.75, 3.05) is 107 Å². The molecule has 728 valence electrons. The molecular weight excluding hydrogens is 1800 g/mol. The molecule has 0 saturated carbocycles. The SMILES string of the molecule is CC(=O)N1CC(c2cc(F)ccc2F)=CC12CCCc1ccccc12.CC(=O)N1CC(c2cc(F)ccc2F)=CC12CCOc1ccccc12.CN(C)CCCC(=O)N1CC(c2cc(F)ccc2F)=CC12CCOc1ccccc12.CN1CCC(N(C)C(=O)N2CC(c3cc(F)ccc3F)=CC23CCc2ccccc23)CC1.NCCCC(=O)N1CC(c2cc(F)ccc2F)=CC12CCOc1ccccc12. The van der Waals surface area contributed by atoms with Gasteiger partial charge in [0, 0.05) is 136 Å². The number of nitrogens with zero attached hydrogens (tertiary/aromatic N) is 8. The first-order valence-corrected chi connectivity index (χ1v) is 47.8. The van der Waals surface area contributed by atoms with E-state index in [-0.39, 0.29) is 89.7 Å². The second-order valence-electron chi connectivity index (χ2n) is 38.0. The number of carbonyl (C=O) groups is 5. The number of ether oxygens (including phenoxy) is 3. The second-order valence-corrected chi connectivity index (χ2v) is 38.0. The van der Waals surface area contributed by atoms with Gasteiger partial charge in [0.1, 0.15) is 75.4 Å². The number of hydrogen-bond acceptors (Lipinski definition) is 11. The van der Waals surface area contributed by atoms with E-state index in [1.165, 1.54) is 55.3 Å². The molecule has 0 bridgehead atoms. The number of urea groups is 1. The standard InChI is InChI=1S/C26H29F2N3O.C24H26F2N2O2.C22H22F2N2O2.C21H19F2NO.C20H17F2NO2/c1-29-13-10-21(11-14-29)30(2)25(32)31-17-19(22-15-20(27)7-8-24(22)28)16-26(31)12-9-18-5-3-4-6-23(18)26;1-27(2)12-5-8-23(29)28-16-17(19-14-18(25)9-10-21(19)26)15-24(28)11-13-30-22-7-4-3-6-20(22)24;23-16-7-8-19(24)17(12-16)15-13-22(26(14-15)21(27)6-3-10-25)9-11-28-20-5-2-1-4-18(20)22;1-14(25)24-13-16(18-11-17(22)8-9-20(18)23)12-21(24)10-4-6-15-5-2-3-7-19(15)21;1-13(24)23-12-14(16-10-15(21)6-7-18(16)22)11-20(23)8-9-25-19-5-3-2-4-17(19)20/h3-8,15-16,21H,9-14,17H2,1-2H3;3-4,6-7,9-10,14-15H,5,8,11-13,16H2,1-2H3;1-2,4-5,7-8,12-13H,3,6,9-11,14,25H2;2-3,5,7-9,11-12H,4,6,10,13H2,1H3;2-7,10-11H,8-9,12H2,1H3. The Kier molecular flexibility index (Phi) is 28.9. The van der Waals surface area contributed by atoms with Crippen LogP contribution in [0.4, 0.5) is 48.7 Å². The van der Waals surface area contributed by atoms with Gasteiger partial charge >= 0.3 is 6.03 Å². The third-order valence-corrected chi connectivity index (χ3v) is 29.2. The van der Waals surface area contributed by atoms with Gasteiger partial charge < -0.3 is 59.1 Å². The summed E-state index contributed by atoms with van der Waals surface area (Å²) in [7, 11) is 7.94. The van der Waals surface area contributed by atoms with Gasteiger partial charge in [-0.25, -0.2) is 48.7 Å². The van der Waals surface area contributed by atoms with E-state index >= 15 is 0 Å². The van der Waals surface area contributed by atoms with Crippen molar-refractivity contribution in [3.63, 3.8) is 0 Å². The highest BCUT2D eigenvalue weighted by Gasteiger charge is 2.54. The fourth-order valence-electron chi connectivity index (χ4n) is 22.4. The van der Waals surface area contributed by atoms with E-state index in [0.29, 0.717) is 105 Å². The van der Waals surface area contributed by atoms with E-state index in [2.05, 4.69) is 30.1 Å². The van der Waals surface area contributed by atoms with Gasteiger partial charge in [0.05, 0.1) is 47.5 Å². The zero-order valence-corrected chi connectivity index (χ0v) is 79.3. The lowest BCUT2D eigenvalue weighted by Gasteiger charge is -2.42. The number of carbonyl (C=O) groups excluding carboxylic acids is 5. The maximum atomic E-state index is 14.7. The Morgan fingerprint density at radius 1 is 0.371 bits per heavy atom. The molecule has 10 aromatic rings. The molecule has 0 radical (unpaired) electrons. The number of aryl methyl sites for hydroxylation is 2. The van der Waals surface area contributed by atoms with Crippen LogP contribution in [0.25, 0.3) is 27.9 Å². The summed E-state index contributed by atoms with van der Waals surface area (Å²) >= 11 is 0. The quantitative estimate of drug-likeness (QED) is 0.109.